The van der Waals surface area contributed by atoms with E-state index in [9.17, 15) is 0 Å². The third kappa shape index (κ3) is 12.8. The van der Waals surface area contributed by atoms with Gasteiger partial charge in [-0.05, 0) is 0 Å². The summed E-state index contributed by atoms with van der Waals surface area (Å²) in [5, 5.41) is 0. The number of thioether (sulfide) groups is 1. The number of hydrogen-bond acceptors (Lipinski definition) is 1. The summed E-state index contributed by atoms with van der Waals surface area (Å²) in [4.78, 5) is 0. The van der Waals surface area contributed by atoms with Crippen molar-refractivity contribution < 1.29 is 19.8 Å². The molecule has 2 heteroatoms. The minimum atomic E-state index is 0.349. The van der Waals surface area contributed by atoms with Gasteiger partial charge in [0.25, 0.3) is 0 Å². The molecule has 0 aromatic heterocycles. The summed E-state index contributed by atoms with van der Waals surface area (Å²) >= 11 is 3.78. The van der Waals surface area contributed by atoms with E-state index in [1.165, 1.54) is 18.6 Å². The fourth-order valence-corrected chi connectivity index (χ4v) is 2.66. The Morgan fingerprint density at radius 2 is 1.71 bits per heavy atom. The monoisotopic (exact) mass is 383 g/mol. The molecule has 0 atom stereocenters. The zero-order valence-corrected chi connectivity index (χ0v) is 13.8. The van der Waals surface area contributed by atoms with Crippen LogP contribution in [0, 0.1) is 5.41 Å². The Morgan fingerprint density at radius 3 is 2.14 bits per heavy atom. The second-order valence-corrected chi connectivity index (χ2v) is 11.6. The van der Waals surface area contributed by atoms with Crippen molar-refractivity contribution in [3.05, 3.63) is 12.2 Å². The maximum absolute atomic E-state index is 2.33. The van der Waals surface area contributed by atoms with Crippen molar-refractivity contribution in [3.8, 4) is 0 Å². The fraction of sp³-hybridized carbons (Fsp3) is 0.833. The molecular formula is C12H23SW. The van der Waals surface area contributed by atoms with Crippen LogP contribution in [0.3, 0.4) is 0 Å². The SMILES string of the molecule is CC(C)(C)/C=C\CCCS[C](C)(C)[W]. The Balaban J connectivity index is 3.44. The molecule has 0 nitrogen and oxygen atoms in total. The average molecular weight is 383 g/mol. The van der Waals surface area contributed by atoms with Gasteiger partial charge in [0.15, 0.2) is 0 Å². The summed E-state index contributed by atoms with van der Waals surface area (Å²) in [5.74, 6) is 1.30. The van der Waals surface area contributed by atoms with Gasteiger partial charge in [0.1, 0.15) is 0 Å². The molecule has 0 radical (unpaired) electrons. The molecule has 0 unspecified atom stereocenters. The summed E-state index contributed by atoms with van der Waals surface area (Å²) in [6.07, 6.45) is 7.19. The molecule has 0 aromatic carbocycles. The van der Waals surface area contributed by atoms with E-state index in [2.05, 4.69) is 58.5 Å². The van der Waals surface area contributed by atoms with Crippen LogP contribution >= 0.6 is 11.8 Å². The van der Waals surface area contributed by atoms with Crippen LogP contribution in [0.2, 0.25) is 0 Å². The summed E-state index contributed by atoms with van der Waals surface area (Å²) in [6.45, 7) is 11.4. The van der Waals surface area contributed by atoms with E-state index >= 15 is 0 Å². The first kappa shape index (κ1) is 14.8. The molecule has 0 rings (SSSR count). The van der Waals surface area contributed by atoms with Gasteiger partial charge in [-0.3, -0.25) is 0 Å². The normalized spacial score (nSPS) is 13.8. The average Bonchev–Trinajstić information content (AvgIpc) is 1.92. The van der Waals surface area contributed by atoms with Crippen LogP contribution in [0.25, 0.3) is 0 Å². The quantitative estimate of drug-likeness (QED) is 0.502. The maximum atomic E-state index is 2.33. The topological polar surface area (TPSA) is 0 Å². The van der Waals surface area contributed by atoms with Crippen LogP contribution in [0.5, 0.6) is 0 Å². The number of allylic oxidation sites excluding steroid dienone is 2. The fourth-order valence-electron chi connectivity index (χ4n) is 0.956. The molecule has 0 saturated carbocycles. The number of unbranched alkanes of at least 4 members (excludes halogenated alkanes) is 1. The summed E-state index contributed by atoms with van der Waals surface area (Å²) in [5.41, 5.74) is 0.349. The Labute approximate surface area is 105 Å². The van der Waals surface area contributed by atoms with Gasteiger partial charge in [0, 0.05) is 0 Å². The van der Waals surface area contributed by atoms with Crippen LogP contribution in [-0.2, 0) is 19.8 Å². The molecule has 0 aliphatic rings. The van der Waals surface area contributed by atoms with Crippen LogP contribution in [0.15, 0.2) is 12.2 Å². The van der Waals surface area contributed by atoms with E-state index in [1.807, 2.05) is 0 Å². The third-order valence-electron chi connectivity index (χ3n) is 1.58. The Morgan fingerprint density at radius 1 is 1.14 bits per heavy atom. The van der Waals surface area contributed by atoms with Crippen molar-refractivity contribution in [1.29, 1.82) is 0 Å². The van der Waals surface area contributed by atoms with Gasteiger partial charge in [-0.25, -0.2) is 0 Å². The molecule has 83 valence electrons. The van der Waals surface area contributed by atoms with E-state index in [1.54, 1.807) is 19.8 Å². The van der Waals surface area contributed by atoms with Gasteiger partial charge in [0.05, 0.1) is 0 Å². The van der Waals surface area contributed by atoms with Gasteiger partial charge in [-0.15, -0.1) is 0 Å². The van der Waals surface area contributed by atoms with Crippen LogP contribution < -0.4 is 0 Å². The van der Waals surface area contributed by atoms with Crippen molar-refractivity contribution in [1.82, 2.24) is 0 Å². The van der Waals surface area contributed by atoms with Crippen molar-refractivity contribution in [3.63, 3.8) is 0 Å². The third-order valence-corrected chi connectivity index (χ3v) is 4.04. The number of rotatable bonds is 5. The molecule has 0 N–H and O–H groups in total. The second-order valence-electron chi connectivity index (χ2n) is 5.16. The van der Waals surface area contributed by atoms with Gasteiger partial charge in [-0.1, -0.05) is 0 Å². The predicted octanol–water partition coefficient (Wildman–Crippen LogP) is 4.39. The van der Waals surface area contributed by atoms with E-state index in [0.717, 1.165) is 0 Å². The zero-order valence-electron chi connectivity index (χ0n) is 10.1. The summed E-state index contributed by atoms with van der Waals surface area (Å²) < 4.78 is 0.508. The standard InChI is InChI=1S/C12H23S.W/c1-11(2)13-10-8-6-7-9-12(3,4)5;/h7,9H,6,8,10H2,1-5H3;/b9-7-;. The first-order valence-electron chi connectivity index (χ1n) is 5.23. The Bertz CT molecular complexity index is 172. The molecule has 0 amide bonds. The molecule has 0 fully saturated rings. The van der Waals surface area contributed by atoms with E-state index < -0.39 is 0 Å². The van der Waals surface area contributed by atoms with E-state index in [-0.39, 0.29) is 0 Å². The molecular weight excluding hydrogens is 360 g/mol. The minimum absolute atomic E-state index is 0.349. The molecule has 0 aromatic rings. The van der Waals surface area contributed by atoms with Gasteiger partial charge in [0.2, 0.25) is 0 Å². The Hall–Kier alpha value is 0.778. The molecule has 14 heavy (non-hydrogen) atoms. The van der Waals surface area contributed by atoms with E-state index in [0.29, 0.717) is 8.55 Å². The predicted molar refractivity (Wildman–Crippen MR) is 64.4 cm³/mol. The molecule has 0 aliphatic heterocycles. The van der Waals surface area contributed by atoms with Crippen LogP contribution in [0.1, 0.15) is 47.5 Å². The molecule has 0 spiro atoms. The first-order valence-corrected chi connectivity index (χ1v) is 7.68. The second kappa shape index (κ2) is 6.38. The molecule has 0 saturated heterocycles. The summed E-state index contributed by atoms with van der Waals surface area (Å²) in [6, 6.07) is 0. The molecule has 0 heterocycles. The van der Waals surface area contributed by atoms with E-state index in [4.69, 9.17) is 0 Å². The molecule has 0 bridgehead atoms. The molecule has 0 aliphatic carbocycles. The van der Waals surface area contributed by atoms with Gasteiger partial charge >= 0.3 is 105 Å². The Kier molecular flexibility index (Phi) is 6.73. The van der Waals surface area contributed by atoms with Crippen molar-refractivity contribution in [2.45, 2.75) is 50.6 Å². The first-order chi connectivity index (χ1) is 6.21. The van der Waals surface area contributed by atoms with Gasteiger partial charge < -0.3 is 0 Å². The van der Waals surface area contributed by atoms with Crippen LogP contribution in [-0.4, -0.2) is 8.89 Å². The van der Waals surface area contributed by atoms with Crippen molar-refractivity contribution in [2.75, 3.05) is 5.75 Å². The van der Waals surface area contributed by atoms with Crippen molar-refractivity contribution in [2.24, 2.45) is 5.41 Å². The van der Waals surface area contributed by atoms with Crippen LogP contribution in [0.4, 0.5) is 0 Å². The van der Waals surface area contributed by atoms with Gasteiger partial charge in [-0.2, -0.15) is 0 Å². The summed E-state index contributed by atoms with van der Waals surface area (Å²) in [7, 11) is 0. The zero-order chi connectivity index (χ0) is 11.2. The van der Waals surface area contributed by atoms with Crippen molar-refractivity contribution >= 4 is 11.8 Å². The number of hydrogen-bond donors (Lipinski definition) is 0.